The van der Waals surface area contributed by atoms with Crippen LogP contribution in [-0.2, 0) is 18.0 Å². The first kappa shape index (κ1) is 9.99. The van der Waals surface area contributed by atoms with Crippen molar-refractivity contribution >= 4 is 5.82 Å². The van der Waals surface area contributed by atoms with E-state index in [-0.39, 0.29) is 0 Å². The van der Waals surface area contributed by atoms with E-state index in [1.54, 1.807) is 0 Å². The number of fused-ring (bicyclic) bond motifs is 1. The molecule has 16 heavy (non-hydrogen) atoms. The predicted molar refractivity (Wildman–Crippen MR) is 59.8 cm³/mol. The van der Waals surface area contributed by atoms with Crippen LogP contribution in [0.5, 0.6) is 0 Å². The molecule has 3 rings (SSSR count). The van der Waals surface area contributed by atoms with Crippen LogP contribution >= 0.6 is 0 Å². The van der Waals surface area contributed by atoms with Crippen LogP contribution < -0.4 is 11.1 Å². The molecule has 1 aromatic heterocycles. The molecule has 0 amide bonds. The average molecular weight is 220 g/mol. The number of anilines is 1. The van der Waals surface area contributed by atoms with Gasteiger partial charge in [0.1, 0.15) is 11.6 Å². The smallest absolute Gasteiger partial charge is 0.134 e. The Bertz CT molecular complexity index is 401. The van der Waals surface area contributed by atoms with E-state index in [4.69, 9.17) is 10.5 Å². The fraction of sp³-hybridized carbons (Fsp3) is 0.636. The van der Waals surface area contributed by atoms with Crippen LogP contribution in [0.2, 0.25) is 0 Å². The number of ether oxygens (including phenoxy) is 1. The number of nitrogens with zero attached hydrogens (tertiary/aromatic N) is 2. The Hall–Kier alpha value is -1.20. The Labute approximate surface area is 94.4 Å². The van der Waals surface area contributed by atoms with Crippen LogP contribution in [-0.4, -0.2) is 23.1 Å². The molecule has 0 unspecified atom stereocenters. The van der Waals surface area contributed by atoms with Gasteiger partial charge >= 0.3 is 0 Å². The predicted octanol–water partition coefficient (Wildman–Crippen LogP) is 0.556. The van der Waals surface area contributed by atoms with E-state index in [9.17, 15) is 0 Å². The second-order valence-electron chi connectivity index (χ2n) is 4.41. The van der Waals surface area contributed by atoms with Gasteiger partial charge in [-0.25, -0.2) is 9.97 Å². The number of nitrogens with two attached hydrogens (primary N) is 1. The highest BCUT2D eigenvalue weighted by Gasteiger charge is 2.23. The van der Waals surface area contributed by atoms with Crippen molar-refractivity contribution in [2.45, 2.75) is 32.0 Å². The van der Waals surface area contributed by atoms with Crippen molar-refractivity contribution in [3.05, 3.63) is 17.1 Å². The molecule has 1 aromatic rings. The van der Waals surface area contributed by atoms with E-state index in [1.807, 2.05) is 0 Å². The Kier molecular flexibility index (Phi) is 2.49. The second-order valence-corrected chi connectivity index (χ2v) is 4.41. The third kappa shape index (κ3) is 1.66. The highest BCUT2D eigenvalue weighted by Crippen LogP contribution is 2.28. The van der Waals surface area contributed by atoms with Gasteiger partial charge < -0.3 is 15.8 Å². The summed E-state index contributed by atoms with van der Waals surface area (Å²) in [4.78, 5) is 9.02. The van der Waals surface area contributed by atoms with Gasteiger partial charge in [0.25, 0.3) is 0 Å². The lowest BCUT2D eigenvalue weighted by atomic mass is 9.97. The number of aromatic nitrogens is 2. The molecule has 0 aromatic carbocycles. The standard InChI is InChI=1S/C11H16N4O/c12-10-8-5-16-6-9(8)14-11(15-10)7-1-3-13-4-2-7/h7,13H,1-6H2,(H2,12,14,15). The van der Waals surface area contributed by atoms with Crippen molar-refractivity contribution in [1.29, 1.82) is 0 Å². The fourth-order valence-electron chi connectivity index (χ4n) is 2.36. The van der Waals surface area contributed by atoms with Gasteiger partial charge in [-0.15, -0.1) is 0 Å². The van der Waals surface area contributed by atoms with Gasteiger partial charge in [0.15, 0.2) is 0 Å². The minimum absolute atomic E-state index is 0.453. The lowest BCUT2D eigenvalue weighted by Crippen LogP contribution is -2.27. The van der Waals surface area contributed by atoms with Crippen LogP contribution in [0.3, 0.4) is 0 Å². The van der Waals surface area contributed by atoms with Gasteiger partial charge in [-0.2, -0.15) is 0 Å². The van der Waals surface area contributed by atoms with E-state index in [2.05, 4.69) is 15.3 Å². The molecule has 3 heterocycles. The van der Waals surface area contributed by atoms with Crippen LogP contribution in [0.25, 0.3) is 0 Å². The maximum atomic E-state index is 5.93. The number of nitrogen functional groups attached to an aromatic ring is 1. The Morgan fingerprint density at radius 1 is 1.19 bits per heavy atom. The maximum absolute atomic E-state index is 5.93. The molecular weight excluding hydrogens is 204 g/mol. The zero-order valence-corrected chi connectivity index (χ0v) is 9.20. The first-order chi connectivity index (χ1) is 7.84. The number of hydrogen-bond donors (Lipinski definition) is 2. The molecule has 0 radical (unpaired) electrons. The van der Waals surface area contributed by atoms with E-state index in [0.717, 1.165) is 43.0 Å². The van der Waals surface area contributed by atoms with Crippen molar-refractivity contribution in [3.8, 4) is 0 Å². The molecule has 1 fully saturated rings. The monoisotopic (exact) mass is 220 g/mol. The lowest BCUT2D eigenvalue weighted by Gasteiger charge is -2.21. The molecular formula is C11H16N4O. The van der Waals surface area contributed by atoms with Crippen molar-refractivity contribution in [1.82, 2.24) is 15.3 Å². The Balaban J connectivity index is 1.92. The van der Waals surface area contributed by atoms with Crippen LogP contribution in [0.1, 0.15) is 35.8 Å². The Morgan fingerprint density at radius 2 is 2.00 bits per heavy atom. The molecule has 86 valence electrons. The fourth-order valence-corrected chi connectivity index (χ4v) is 2.36. The number of rotatable bonds is 1. The molecule has 0 atom stereocenters. The summed E-state index contributed by atoms with van der Waals surface area (Å²) in [5.74, 6) is 1.97. The van der Waals surface area contributed by atoms with Gasteiger partial charge in [-0.1, -0.05) is 0 Å². The van der Waals surface area contributed by atoms with E-state index in [1.165, 1.54) is 0 Å². The summed E-state index contributed by atoms with van der Waals surface area (Å²) in [5, 5.41) is 3.34. The van der Waals surface area contributed by atoms with Gasteiger partial charge in [-0.05, 0) is 25.9 Å². The number of piperidine rings is 1. The molecule has 0 saturated carbocycles. The van der Waals surface area contributed by atoms with Crippen molar-refractivity contribution in [2.75, 3.05) is 18.8 Å². The van der Waals surface area contributed by atoms with Crippen molar-refractivity contribution < 1.29 is 4.74 Å². The summed E-state index contributed by atoms with van der Waals surface area (Å²) >= 11 is 0. The quantitative estimate of drug-likeness (QED) is 0.723. The van der Waals surface area contributed by atoms with Crippen LogP contribution in [0.4, 0.5) is 5.82 Å². The summed E-state index contributed by atoms with van der Waals surface area (Å²) in [6, 6.07) is 0. The minimum Gasteiger partial charge on any atom is -0.383 e. The van der Waals surface area contributed by atoms with E-state index < -0.39 is 0 Å². The first-order valence-corrected chi connectivity index (χ1v) is 5.78. The topological polar surface area (TPSA) is 73.1 Å². The highest BCUT2D eigenvalue weighted by molar-refractivity contribution is 5.43. The van der Waals surface area contributed by atoms with E-state index >= 15 is 0 Å². The summed E-state index contributed by atoms with van der Waals surface area (Å²) < 4.78 is 5.34. The molecule has 2 aliphatic heterocycles. The molecule has 2 aliphatic rings. The second kappa shape index (κ2) is 3.99. The van der Waals surface area contributed by atoms with Gasteiger partial charge in [-0.3, -0.25) is 0 Å². The van der Waals surface area contributed by atoms with Crippen LogP contribution in [0, 0.1) is 0 Å². The first-order valence-electron chi connectivity index (χ1n) is 5.78. The summed E-state index contributed by atoms with van der Waals surface area (Å²) in [6.45, 7) is 3.23. The third-order valence-electron chi connectivity index (χ3n) is 3.33. The number of nitrogens with one attached hydrogen (secondary N) is 1. The molecule has 0 bridgehead atoms. The lowest BCUT2D eigenvalue weighted by molar-refractivity contribution is 0.133. The molecule has 0 spiro atoms. The summed E-state index contributed by atoms with van der Waals surface area (Å²) in [7, 11) is 0. The molecule has 5 nitrogen and oxygen atoms in total. The average Bonchev–Trinajstić information content (AvgIpc) is 2.79. The van der Waals surface area contributed by atoms with Gasteiger partial charge in [0, 0.05) is 11.5 Å². The normalized spacial score (nSPS) is 21.0. The number of hydrogen-bond acceptors (Lipinski definition) is 5. The largest absolute Gasteiger partial charge is 0.383 e. The molecule has 3 N–H and O–H groups in total. The van der Waals surface area contributed by atoms with Crippen LogP contribution in [0.15, 0.2) is 0 Å². The molecule has 0 aliphatic carbocycles. The van der Waals surface area contributed by atoms with Gasteiger partial charge in [0.2, 0.25) is 0 Å². The Morgan fingerprint density at radius 3 is 2.81 bits per heavy atom. The van der Waals surface area contributed by atoms with Crippen molar-refractivity contribution in [2.24, 2.45) is 0 Å². The van der Waals surface area contributed by atoms with E-state index in [0.29, 0.717) is 24.9 Å². The summed E-state index contributed by atoms with van der Waals surface area (Å²) in [6.07, 6.45) is 2.19. The zero-order valence-electron chi connectivity index (χ0n) is 9.20. The molecule has 5 heteroatoms. The SMILES string of the molecule is Nc1nc(C2CCNCC2)nc2c1COC2. The minimum atomic E-state index is 0.453. The summed E-state index contributed by atoms with van der Waals surface area (Å²) in [5.41, 5.74) is 7.90. The van der Waals surface area contributed by atoms with Crippen molar-refractivity contribution in [3.63, 3.8) is 0 Å². The third-order valence-corrected chi connectivity index (χ3v) is 3.33. The maximum Gasteiger partial charge on any atom is 0.134 e. The van der Waals surface area contributed by atoms with Gasteiger partial charge in [0.05, 0.1) is 18.9 Å². The zero-order chi connectivity index (χ0) is 11.0. The molecule has 1 saturated heterocycles. The highest BCUT2D eigenvalue weighted by atomic mass is 16.5.